The standard InChI is InChI=1S/C15H22FN3O5.C5H6ClN3/c1-22-7-2-8-24-14-12(19(20)21)13(15(16)5-6-15)18(17-14)11-3-9-23-10-4-11;1-3-4(6)8-9-5(3)7-2/h11H,2-10H2,1H3;2H2,1H3,(H,8,9). The Morgan fingerprint density at radius 2 is 2.12 bits per heavy atom. The molecule has 2 fully saturated rings. The van der Waals surface area contributed by atoms with Crippen molar-refractivity contribution in [3.05, 3.63) is 26.5 Å². The highest BCUT2D eigenvalue weighted by atomic mass is 35.5. The van der Waals surface area contributed by atoms with E-state index >= 15 is 0 Å². The Balaban J connectivity index is 0.000000286. The van der Waals surface area contributed by atoms with E-state index in [1.807, 2.05) is 6.92 Å². The number of aliphatic imine (C=N–C) groups is 1. The fourth-order valence-corrected chi connectivity index (χ4v) is 3.65. The second-order valence-electron chi connectivity index (χ2n) is 7.85. The van der Waals surface area contributed by atoms with Crippen LogP contribution in [0.25, 0.3) is 0 Å². The minimum absolute atomic E-state index is 0.0566. The molecule has 2 aromatic heterocycles. The smallest absolute Gasteiger partial charge is 0.356 e. The number of halogens is 2. The molecule has 182 valence electrons. The van der Waals surface area contributed by atoms with Gasteiger partial charge in [0.05, 0.1) is 17.6 Å². The number of nitro groups is 1. The zero-order chi connectivity index (χ0) is 24.0. The lowest BCUT2D eigenvalue weighted by Gasteiger charge is -2.24. The molecular formula is C20H28ClFN6O5. The molecule has 0 atom stereocenters. The van der Waals surface area contributed by atoms with Gasteiger partial charge < -0.3 is 14.2 Å². The molecule has 13 heteroatoms. The van der Waals surface area contributed by atoms with Gasteiger partial charge in [-0.1, -0.05) is 11.6 Å². The molecular weight excluding hydrogens is 459 g/mol. The van der Waals surface area contributed by atoms with Crippen molar-refractivity contribution < 1.29 is 23.5 Å². The molecule has 33 heavy (non-hydrogen) atoms. The van der Waals surface area contributed by atoms with Crippen molar-refractivity contribution >= 4 is 29.8 Å². The highest BCUT2D eigenvalue weighted by molar-refractivity contribution is 6.30. The Morgan fingerprint density at radius 3 is 2.61 bits per heavy atom. The first-order valence-corrected chi connectivity index (χ1v) is 11.0. The maximum Gasteiger partial charge on any atom is 0.356 e. The highest BCUT2D eigenvalue weighted by Gasteiger charge is 2.54. The van der Waals surface area contributed by atoms with Gasteiger partial charge in [-0.2, -0.15) is 5.10 Å². The van der Waals surface area contributed by atoms with Crippen LogP contribution in [0.3, 0.4) is 0 Å². The van der Waals surface area contributed by atoms with Crippen molar-refractivity contribution in [2.24, 2.45) is 4.99 Å². The number of rotatable bonds is 9. The third-order valence-electron chi connectivity index (χ3n) is 5.49. The third-order valence-corrected chi connectivity index (χ3v) is 5.86. The van der Waals surface area contributed by atoms with Gasteiger partial charge in [0.15, 0.2) is 17.2 Å². The van der Waals surface area contributed by atoms with E-state index in [9.17, 15) is 14.5 Å². The monoisotopic (exact) mass is 486 g/mol. The Hall–Kier alpha value is -2.57. The second kappa shape index (κ2) is 11.0. The number of aromatic nitrogens is 4. The number of ether oxygens (including phenoxy) is 3. The predicted octanol–water partition coefficient (Wildman–Crippen LogP) is 4.22. The number of aromatic amines is 1. The molecule has 1 aliphatic carbocycles. The van der Waals surface area contributed by atoms with Crippen molar-refractivity contribution in [3.8, 4) is 5.88 Å². The van der Waals surface area contributed by atoms with Crippen molar-refractivity contribution in [1.82, 2.24) is 20.0 Å². The molecule has 0 radical (unpaired) electrons. The van der Waals surface area contributed by atoms with Crippen molar-refractivity contribution in [1.29, 1.82) is 0 Å². The van der Waals surface area contributed by atoms with E-state index in [4.69, 9.17) is 25.8 Å². The molecule has 1 saturated carbocycles. The number of hydrogen-bond donors (Lipinski definition) is 1. The molecule has 4 rings (SSSR count). The van der Waals surface area contributed by atoms with Gasteiger partial charge in [0, 0.05) is 38.9 Å². The fraction of sp³-hybridized carbons (Fsp3) is 0.650. The Labute approximate surface area is 195 Å². The van der Waals surface area contributed by atoms with Gasteiger partial charge in [0.25, 0.3) is 0 Å². The lowest BCUT2D eigenvalue weighted by Crippen LogP contribution is -2.24. The first-order chi connectivity index (χ1) is 15.8. The SMILES string of the molecule is C=Nc1n[nH]c(Cl)c1C.COCCCOc1nn(C2CCOCC2)c(C2(F)CC2)c1[N+](=O)[O-]. The van der Waals surface area contributed by atoms with Gasteiger partial charge in [0.2, 0.25) is 0 Å². The van der Waals surface area contributed by atoms with E-state index in [2.05, 4.69) is 27.0 Å². The zero-order valence-corrected chi connectivity index (χ0v) is 19.4. The van der Waals surface area contributed by atoms with E-state index < -0.39 is 10.6 Å². The minimum atomic E-state index is -1.66. The van der Waals surface area contributed by atoms with Gasteiger partial charge in [0.1, 0.15) is 5.15 Å². The van der Waals surface area contributed by atoms with Crippen LogP contribution in [-0.4, -0.2) is 65.2 Å². The molecule has 0 unspecified atom stereocenters. The lowest BCUT2D eigenvalue weighted by atomic mass is 10.1. The normalized spacial score (nSPS) is 17.2. The van der Waals surface area contributed by atoms with Crippen LogP contribution >= 0.6 is 11.6 Å². The van der Waals surface area contributed by atoms with Crippen molar-refractivity contribution in [2.75, 3.05) is 33.5 Å². The van der Waals surface area contributed by atoms with Crippen LogP contribution in [0.1, 0.15) is 49.4 Å². The van der Waals surface area contributed by atoms with E-state index in [0.717, 1.165) is 5.56 Å². The van der Waals surface area contributed by atoms with Crippen molar-refractivity contribution in [2.45, 2.75) is 50.7 Å². The number of alkyl halides is 1. The average Bonchev–Trinajstić information content (AvgIpc) is 3.30. The molecule has 0 amide bonds. The van der Waals surface area contributed by atoms with Crippen LogP contribution in [0.4, 0.5) is 15.9 Å². The molecule has 1 aliphatic heterocycles. The molecule has 0 spiro atoms. The summed E-state index contributed by atoms with van der Waals surface area (Å²) in [5, 5.41) is 22.7. The summed E-state index contributed by atoms with van der Waals surface area (Å²) >= 11 is 5.60. The molecule has 1 saturated heterocycles. The van der Waals surface area contributed by atoms with Crippen LogP contribution in [0.5, 0.6) is 5.88 Å². The van der Waals surface area contributed by atoms with Crippen LogP contribution in [0.15, 0.2) is 4.99 Å². The predicted molar refractivity (Wildman–Crippen MR) is 120 cm³/mol. The molecule has 0 aromatic carbocycles. The first-order valence-electron chi connectivity index (χ1n) is 10.6. The summed E-state index contributed by atoms with van der Waals surface area (Å²) in [6.45, 7) is 6.94. The molecule has 2 aromatic rings. The van der Waals surface area contributed by atoms with E-state index in [-0.39, 0.29) is 42.8 Å². The van der Waals surface area contributed by atoms with Gasteiger partial charge >= 0.3 is 11.6 Å². The minimum Gasteiger partial charge on any atom is -0.472 e. The number of methoxy groups -OCH3 is 1. The van der Waals surface area contributed by atoms with Crippen LogP contribution in [0, 0.1) is 17.0 Å². The maximum atomic E-state index is 14.9. The Kier molecular flexibility index (Phi) is 8.38. The number of H-pyrrole nitrogens is 1. The Morgan fingerprint density at radius 1 is 1.42 bits per heavy atom. The summed E-state index contributed by atoms with van der Waals surface area (Å²) in [6, 6.07) is -0.1000. The third kappa shape index (κ3) is 5.87. The van der Waals surface area contributed by atoms with E-state index in [0.29, 0.717) is 50.1 Å². The van der Waals surface area contributed by atoms with Crippen molar-refractivity contribution in [3.63, 3.8) is 0 Å². The summed E-state index contributed by atoms with van der Waals surface area (Å²) in [5.74, 6) is 0.474. The van der Waals surface area contributed by atoms with Crippen LogP contribution in [0.2, 0.25) is 5.15 Å². The first kappa shape index (κ1) is 25.1. The molecule has 3 heterocycles. The van der Waals surface area contributed by atoms with Crippen LogP contribution < -0.4 is 4.74 Å². The van der Waals surface area contributed by atoms with E-state index in [1.54, 1.807) is 7.11 Å². The molecule has 1 N–H and O–H groups in total. The summed E-state index contributed by atoms with van der Waals surface area (Å²) in [5.41, 5.74) is -1.10. The number of nitrogens with zero attached hydrogens (tertiary/aromatic N) is 5. The molecule has 2 aliphatic rings. The largest absolute Gasteiger partial charge is 0.472 e. The summed E-state index contributed by atoms with van der Waals surface area (Å²) in [6.07, 6.45) is 2.46. The highest BCUT2D eigenvalue weighted by Crippen LogP contribution is 2.55. The number of nitrogens with one attached hydrogen (secondary N) is 1. The summed E-state index contributed by atoms with van der Waals surface area (Å²) in [4.78, 5) is 14.6. The summed E-state index contributed by atoms with van der Waals surface area (Å²) in [7, 11) is 1.57. The molecule has 11 nitrogen and oxygen atoms in total. The van der Waals surface area contributed by atoms with Crippen LogP contribution in [-0.2, 0) is 15.1 Å². The second-order valence-corrected chi connectivity index (χ2v) is 8.23. The quantitative estimate of drug-likeness (QED) is 0.243. The van der Waals surface area contributed by atoms with E-state index in [1.165, 1.54) is 4.68 Å². The fourth-order valence-electron chi connectivity index (χ4n) is 3.52. The summed E-state index contributed by atoms with van der Waals surface area (Å²) < 4.78 is 32.1. The van der Waals surface area contributed by atoms with Gasteiger partial charge in [-0.25, -0.2) is 9.38 Å². The topological polar surface area (TPSA) is 130 Å². The lowest BCUT2D eigenvalue weighted by molar-refractivity contribution is -0.387. The maximum absolute atomic E-state index is 14.9. The average molecular weight is 487 g/mol. The zero-order valence-electron chi connectivity index (χ0n) is 18.7. The number of hydrogen-bond acceptors (Lipinski definition) is 8. The van der Waals surface area contributed by atoms with Gasteiger partial charge in [-0.3, -0.25) is 19.9 Å². The van der Waals surface area contributed by atoms with Gasteiger partial charge in [-0.05, 0) is 39.3 Å². The van der Waals surface area contributed by atoms with Gasteiger partial charge in [-0.15, -0.1) is 5.10 Å². The Bertz CT molecular complexity index is 971. The molecule has 0 bridgehead atoms.